The van der Waals surface area contributed by atoms with Gasteiger partial charge in [-0.3, -0.25) is 9.79 Å². The molecule has 2 rings (SSSR count). The number of nitrogens with one attached hydrogen (secondary N) is 1. The van der Waals surface area contributed by atoms with E-state index in [1.807, 2.05) is 6.21 Å². The summed E-state index contributed by atoms with van der Waals surface area (Å²) in [5.41, 5.74) is 0.491. The zero-order chi connectivity index (χ0) is 8.39. The molecule has 4 heteroatoms. The highest BCUT2D eigenvalue weighted by Crippen LogP contribution is 2.23. The fourth-order valence-corrected chi connectivity index (χ4v) is 1.40. The normalized spacial score (nSPS) is 22.8. The molecule has 12 heavy (non-hydrogen) atoms. The van der Waals surface area contributed by atoms with E-state index in [0.29, 0.717) is 5.56 Å². The Labute approximate surface area is 69.3 Å². The van der Waals surface area contributed by atoms with Gasteiger partial charge < -0.3 is 4.52 Å². The van der Waals surface area contributed by atoms with Crippen molar-refractivity contribution in [3.8, 4) is 0 Å². The first-order valence-corrected chi connectivity index (χ1v) is 4.05. The van der Waals surface area contributed by atoms with Crippen molar-refractivity contribution in [1.82, 2.24) is 5.16 Å². The fourth-order valence-electron chi connectivity index (χ4n) is 1.40. The van der Waals surface area contributed by atoms with Gasteiger partial charge in [0.15, 0.2) is 0 Å². The van der Waals surface area contributed by atoms with Crippen LogP contribution in [0.3, 0.4) is 0 Å². The van der Waals surface area contributed by atoms with E-state index in [1.165, 1.54) is 6.26 Å². The average Bonchev–Trinajstić information content (AvgIpc) is 2.53. The molecule has 0 fully saturated rings. The highest BCUT2D eigenvalue weighted by Gasteiger charge is 2.16. The topological polar surface area (TPSA) is 58.4 Å². The molecule has 1 aromatic heterocycles. The Morgan fingerprint density at radius 1 is 1.67 bits per heavy atom. The maximum atomic E-state index is 11.1. The Hall–Kier alpha value is -1.32. The predicted molar refractivity (Wildman–Crippen MR) is 44.4 cm³/mol. The molecule has 64 valence electrons. The third-order valence-corrected chi connectivity index (χ3v) is 2.05. The maximum Gasteiger partial charge on any atom is 0.285 e. The van der Waals surface area contributed by atoms with Crippen LogP contribution < -0.4 is 5.56 Å². The Morgan fingerprint density at radius 2 is 2.58 bits per heavy atom. The first-order valence-electron chi connectivity index (χ1n) is 4.05. The molecule has 0 amide bonds. The summed E-state index contributed by atoms with van der Waals surface area (Å²) in [6, 6.07) is 0.0150. The van der Waals surface area contributed by atoms with E-state index in [0.717, 1.165) is 19.3 Å². The lowest BCUT2D eigenvalue weighted by molar-refractivity contribution is 0.412. The van der Waals surface area contributed by atoms with Gasteiger partial charge in [-0.05, 0) is 25.5 Å². The molecule has 0 bridgehead atoms. The maximum absolute atomic E-state index is 11.1. The van der Waals surface area contributed by atoms with Gasteiger partial charge in [0.1, 0.15) is 6.26 Å². The zero-order valence-corrected chi connectivity index (χ0v) is 6.62. The molecule has 1 unspecified atom stereocenters. The number of hydrogen-bond acceptors (Lipinski definition) is 3. The zero-order valence-electron chi connectivity index (χ0n) is 6.62. The van der Waals surface area contributed by atoms with Crippen LogP contribution >= 0.6 is 0 Å². The Bertz CT molecular complexity index is 337. The minimum atomic E-state index is -0.154. The van der Waals surface area contributed by atoms with Gasteiger partial charge in [0, 0.05) is 0 Å². The third kappa shape index (κ3) is 1.20. The Balaban J connectivity index is 2.30. The van der Waals surface area contributed by atoms with Crippen molar-refractivity contribution < 1.29 is 4.52 Å². The van der Waals surface area contributed by atoms with Crippen LogP contribution in [0, 0.1) is 0 Å². The standard InChI is InChI=1S/C8H10N2O2/c11-8-6(5-12-10-8)7-3-1-2-4-9-7/h4-5,7H,1-3H2,(H,10,11). The van der Waals surface area contributed by atoms with Gasteiger partial charge in [-0.15, -0.1) is 0 Å². The van der Waals surface area contributed by atoms with Crippen molar-refractivity contribution in [2.75, 3.05) is 0 Å². The van der Waals surface area contributed by atoms with E-state index in [4.69, 9.17) is 0 Å². The van der Waals surface area contributed by atoms with Crippen LogP contribution in [-0.2, 0) is 0 Å². The third-order valence-electron chi connectivity index (χ3n) is 2.05. The number of rotatable bonds is 1. The van der Waals surface area contributed by atoms with Crippen LogP contribution in [0.5, 0.6) is 0 Å². The molecule has 1 atom stereocenters. The fraction of sp³-hybridized carbons (Fsp3) is 0.500. The summed E-state index contributed by atoms with van der Waals surface area (Å²) < 4.78 is 4.69. The summed E-state index contributed by atoms with van der Waals surface area (Å²) in [7, 11) is 0. The monoisotopic (exact) mass is 166 g/mol. The lowest BCUT2D eigenvalue weighted by Gasteiger charge is -2.11. The molecule has 0 saturated heterocycles. The number of aromatic amines is 1. The second-order valence-electron chi connectivity index (χ2n) is 2.90. The van der Waals surface area contributed by atoms with Crippen LogP contribution in [-0.4, -0.2) is 11.4 Å². The van der Waals surface area contributed by atoms with E-state index in [9.17, 15) is 4.79 Å². The summed E-state index contributed by atoms with van der Waals surface area (Å²) in [5, 5.41) is 2.26. The highest BCUT2D eigenvalue weighted by molar-refractivity contribution is 5.58. The van der Waals surface area contributed by atoms with E-state index < -0.39 is 0 Å². The van der Waals surface area contributed by atoms with Gasteiger partial charge >= 0.3 is 0 Å². The van der Waals surface area contributed by atoms with Gasteiger partial charge in [-0.1, -0.05) is 0 Å². The molecule has 0 aromatic carbocycles. The second kappa shape index (κ2) is 2.97. The summed E-state index contributed by atoms with van der Waals surface area (Å²) in [4.78, 5) is 15.3. The van der Waals surface area contributed by atoms with Gasteiger partial charge in [-0.25, -0.2) is 0 Å². The second-order valence-corrected chi connectivity index (χ2v) is 2.90. The molecule has 0 saturated carbocycles. The van der Waals surface area contributed by atoms with Crippen LogP contribution in [0.4, 0.5) is 0 Å². The van der Waals surface area contributed by atoms with Gasteiger partial charge in [0.2, 0.25) is 0 Å². The Kier molecular flexibility index (Phi) is 1.81. The van der Waals surface area contributed by atoms with Gasteiger partial charge in [0.05, 0.1) is 11.6 Å². The number of aliphatic imine (C=N–C) groups is 1. The van der Waals surface area contributed by atoms with Crippen LogP contribution in [0.1, 0.15) is 30.9 Å². The lowest BCUT2D eigenvalue weighted by Crippen LogP contribution is -2.11. The SMILES string of the molecule is O=c1[nH]occ1C1CCCC=N1. The first-order chi connectivity index (χ1) is 5.88. The summed E-state index contributed by atoms with van der Waals surface area (Å²) in [6.07, 6.45) is 6.39. The average molecular weight is 166 g/mol. The minimum absolute atomic E-state index is 0.0150. The van der Waals surface area contributed by atoms with Crippen molar-refractivity contribution in [2.45, 2.75) is 25.3 Å². The van der Waals surface area contributed by atoms with Crippen LogP contribution in [0.15, 0.2) is 20.6 Å². The summed E-state index contributed by atoms with van der Waals surface area (Å²) >= 11 is 0. The number of hydrogen-bond donors (Lipinski definition) is 1. The summed E-state index contributed by atoms with van der Waals surface area (Å²) in [6.45, 7) is 0. The van der Waals surface area contributed by atoms with Crippen molar-refractivity contribution >= 4 is 6.21 Å². The van der Waals surface area contributed by atoms with E-state index in [-0.39, 0.29) is 11.6 Å². The van der Waals surface area contributed by atoms with E-state index >= 15 is 0 Å². The van der Waals surface area contributed by atoms with E-state index in [1.54, 1.807) is 0 Å². The molecule has 0 radical (unpaired) electrons. The van der Waals surface area contributed by atoms with Gasteiger partial charge in [0.25, 0.3) is 5.56 Å². The largest absolute Gasteiger partial charge is 0.387 e. The number of aromatic nitrogens is 1. The molecule has 4 nitrogen and oxygen atoms in total. The first kappa shape index (κ1) is 7.34. The summed E-state index contributed by atoms with van der Waals surface area (Å²) in [5.74, 6) is 0. The molecule has 1 N–H and O–H groups in total. The molecule has 2 heterocycles. The molecular weight excluding hydrogens is 156 g/mol. The molecular formula is C8H10N2O2. The minimum Gasteiger partial charge on any atom is -0.387 e. The van der Waals surface area contributed by atoms with E-state index in [2.05, 4.69) is 14.7 Å². The number of nitrogens with zero attached hydrogens (tertiary/aromatic N) is 1. The van der Waals surface area contributed by atoms with Gasteiger partial charge in [-0.2, -0.15) is 5.16 Å². The van der Waals surface area contributed by atoms with Crippen molar-refractivity contribution in [1.29, 1.82) is 0 Å². The highest BCUT2D eigenvalue weighted by atomic mass is 16.5. The molecule has 0 aliphatic carbocycles. The van der Waals surface area contributed by atoms with Crippen molar-refractivity contribution in [2.24, 2.45) is 4.99 Å². The number of H-pyrrole nitrogens is 1. The van der Waals surface area contributed by atoms with Crippen LogP contribution in [0.2, 0.25) is 0 Å². The Morgan fingerprint density at radius 3 is 3.17 bits per heavy atom. The van der Waals surface area contributed by atoms with Crippen molar-refractivity contribution in [3.05, 3.63) is 22.2 Å². The lowest BCUT2D eigenvalue weighted by atomic mass is 10.0. The van der Waals surface area contributed by atoms with Crippen LogP contribution in [0.25, 0.3) is 0 Å². The smallest absolute Gasteiger partial charge is 0.285 e. The molecule has 1 aromatic rings. The predicted octanol–water partition coefficient (Wildman–Crippen LogP) is 1.26. The molecule has 1 aliphatic rings. The quantitative estimate of drug-likeness (QED) is 0.682. The molecule has 0 spiro atoms. The van der Waals surface area contributed by atoms with Crippen molar-refractivity contribution in [3.63, 3.8) is 0 Å². The molecule has 1 aliphatic heterocycles.